The zero-order valence-corrected chi connectivity index (χ0v) is 12.8. The van der Waals surface area contributed by atoms with Crippen molar-refractivity contribution in [1.29, 1.82) is 0 Å². The van der Waals surface area contributed by atoms with Crippen LogP contribution in [0.25, 0.3) is 0 Å². The molecule has 0 aliphatic heterocycles. The summed E-state index contributed by atoms with van der Waals surface area (Å²) in [6.45, 7) is 6.31. The lowest BCUT2D eigenvalue weighted by Gasteiger charge is -2.18. The van der Waals surface area contributed by atoms with Crippen LogP contribution in [-0.2, 0) is 4.79 Å². The van der Waals surface area contributed by atoms with Gasteiger partial charge in [-0.1, -0.05) is 25.5 Å². The van der Waals surface area contributed by atoms with Crippen LogP contribution in [-0.4, -0.2) is 23.5 Å². The Kier molecular flexibility index (Phi) is 6.21. The molecule has 0 aliphatic rings. The van der Waals surface area contributed by atoms with Crippen LogP contribution in [0.3, 0.4) is 0 Å². The minimum absolute atomic E-state index is 0.0573. The molecule has 1 aromatic rings. The summed E-state index contributed by atoms with van der Waals surface area (Å²) in [4.78, 5) is 23.0. The van der Waals surface area contributed by atoms with Gasteiger partial charge in [0.1, 0.15) is 0 Å². The highest BCUT2D eigenvalue weighted by Crippen LogP contribution is 2.16. The van der Waals surface area contributed by atoms with Gasteiger partial charge in [0.05, 0.1) is 5.56 Å². The molecule has 0 aliphatic carbocycles. The first kappa shape index (κ1) is 17.0. The van der Waals surface area contributed by atoms with Gasteiger partial charge >= 0.3 is 5.97 Å². The number of nitrogen functional groups attached to an aromatic ring is 1. The molecule has 1 amide bonds. The van der Waals surface area contributed by atoms with E-state index in [2.05, 4.69) is 5.32 Å². The summed E-state index contributed by atoms with van der Waals surface area (Å²) in [5.41, 5.74) is 7.63. The summed E-state index contributed by atoms with van der Waals surface area (Å²) in [5.74, 6) is -0.784. The summed E-state index contributed by atoms with van der Waals surface area (Å²) in [6, 6.07) is 5.28. The van der Waals surface area contributed by atoms with E-state index in [1.165, 1.54) is 0 Å². The number of nitrogens with one attached hydrogen (secondary N) is 1. The largest absolute Gasteiger partial charge is 0.481 e. The van der Waals surface area contributed by atoms with E-state index in [1.807, 2.05) is 26.8 Å². The van der Waals surface area contributed by atoms with Crippen molar-refractivity contribution >= 4 is 17.6 Å². The molecule has 4 N–H and O–H groups in total. The average molecular weight is 292 g/mol. The van der Waals surface area contributed by atoms with Crippen LogP contribution >= 0.6 is 0 Å². The van der Waals surface area contributed by atoms with Crippen molar-refractivity contribution in [2.24, 2.45) is 11.8 Å². The molecule has 21 heavy (non-hydrogen) atoms. The summed E-state index contributed by atoms with van der Waals surface area (Å²) < 4.78 is 0. The predicted molar refractivity (Wildman–Crippen MR) is 83.1 cm³/mol. The van der Waals surface area contributed by atoms with Crippen LogP contribution in [0.15, 0.2) is 18.2 Å². The molecule has 0 heterocycles. The zero-order chi connectivity index (χ0) is 16.0. The molecule has 1 atom stereocenters. The molecule has 1 rings (SSSR count). The lowest BCUT2D eigenvalue weighted by Crippen LogP contribution is -2.31. The van der Waals surface area contributed by atoms with Crippen molar-refractivity contribution in [1.82, 2.24) is 5.32 Å². The van der Waals surface area contributed by atoms with Gasteiger partial charge in [0, 0.05) is 18.7 Å². The highest BCUT2D eigenvalue weighted by atomic mass is 16.4. The summed E-state index contributed by atoms with van der Waals surface area (Å²) in [6.07, 6.45) is 0.817. The van der Waals surface area contributed by atoms with Crippen molar-refractivity contribution < 1.29 is 14.7 Å². The fourth-order valence-corrected chi connectivity index (χ4v) is 2.35. The first-order valence-corrected chi connectivity index (χ1v) is 7.15. The smallest absolute Gasteiger partial charge is 0.303 e. The summed E-state index contributed by atoms with van der Waals surface area (Å²) >= 11 is 0. The van der Waals surface area contributed by atoms with E-state index >= 15 is 0 Å². The second-order valence-electron chi connectivity index (χ2n) is 5.89. The third-order valence-electron chi connectivity index (χ3n) is 3.27. The van der Waals surface area contributed by atoms with E-state index < -0.39 is 5.97 Å². The van der Waals surface area contributed by atoms with Crippen molar-refractivity contribution in [3.05, 3.63) is 29.3 Å². The van der Waals surface area contributed by atoms with Crippen LogP contribution in [0.4, 0.5) is 5.69 Å². The number of benzene rings is 1. The summed E-state index contributed by atoms with van der Waals surface area (Å²) in [7, 11) is 0. The SMILES string of the molecule is Cc1ccc(N)c(C(=O)NCC(CC(=O)O)CC(C)C)c1. The lowest BCUT2D eigenvalue weighted by molar-refractivity contribution is -0.138. The Morgan fingerprint density at radius 1 is 1.33 bits per heavy atom. The third kappa shape index (κ3) is 5.85. The number of rotatable bonds is 7. The number of nitrogens with two attached hydrogens (primary N) is 1. The average Bonchev–Trinajstić information content (AvgIpc) is 2.37. The standard InChI is InChI=1S/C16H24N2O3/c1-10(2)6-12(8-15(19)20)9-18-16(21)13-7-11(3)4-5-14(13)17/h4-5,7,10,12H,6,8-9,17H2,1-3H3,(H,18,21)(H,19,20). The van der Waals surface area contributed by atoms with Crippen molar-refractivity contribution in [2.75, 3.05) is 12.3 Å². The number of hydrogen-bond acceptors (Lipinski definition) is 3. The monoisotopic (exact) mass is 292 g/mol. The minimum atomic E-state index is -0.843. The highest BCUT2D eigenvalue weighted by Gasteiger charge is 2.17. The number of carbonyl (C=O) groups excluding carboxylic acids is 1. The molecule has 0 bridgehead atoms. The van der Waals surface area contributed by atoms with E-state index in [4.69, 9.17) is 10.8 Å². The zero-order valence-electron chi connectivity index (χ0n) is 12.8. The van der Waals surface area contributed by atoms with Crippen molar-refractivity contribution in [2.45, 2.75) is 33.6 Å². The van der Waals surface area contributed by atoms with Crippen LogP contribution in [0.1, 0.15) is 42.6 Å². The Bertz CT molecular complexity index is 512. The Morgan fingerprint density at radius 3 is 2.57 bits per heavy atom. The van der Waals surface area contributed by atoms with E-state index in [0.29, 0.717) is 23.7 Å². The molecule has 1 aromatic carbocycles. The topological polar surface area (TPSA) is 92.4 Å². The number of amides is 1. The first-order valence-electron chi connectivity index (χ1n) is 7.15. The molecule has 0 saturated heterocycles. The number of aliphatic carboxylic acids is 1. The van der Waals surface area contributed by atoms with E-state index in [0.717, 1.165) is 12.0 Å². The fraction of sp³-hybridized carbons (Fsp3) is 0.500. The Hall–Kier alpha value is -2.04. The minimum Gasteiger partial charge on any atom is -0.481 e. The van der Waals surface area contributed by atoms with Crippen LogP contribution < -0.4 is 11.1 Å². The molecule has 116 valence electrons. The van der Waals surface area contributed by atoms with Gasteiger partial charge < -0.3 is 16.2 Å². The van der Waals surface area contributed by atoms with Gasteiger partial charge in [0.25, 0.3) is 5.91 Å². The number of aryl methyl sites for hydroxylation is 1. The number of anilines is 1. The van der Waals surface area contributed by atoms with E-state index in [1.54, 1.807) is 12.1 Å². The molecule has 0 saturated carbocycles. The maximum Gasteiger partial charge on any atom is 0.303 e. The molecule has 0 radical (unpaired) electrons. The number of carboxylic acid groups (broad SMARTS) is 1. The molecule has 0 aromatic heterocycles. The second-order valence-corrected chi connectivity index (χ2v) is 5.89. The van der Waals surface area contributed by atoms with Crippen LogP contribution in [0.5, 0.6) is 0 Å². The van der Waals surface area contributed by atoms with Crippen LogP contribution in [0.2, 0.25) is 0 Å². The Labute approximate surface area is 125 Å². The number of carbonyl (C=O) groups is 2. The Balaban J connectivity index is 2.68. The van der Waals surface area contributed by atoms with E-state index in [-0.39, 0.29) is 18.2 Å². The quantitative estimate of drug-likeness (QED) is 0.673. The summed E-state index contributed by atoms with van der Waals surface area (Å²) in [5, 5.41) is 11.7. The number of hydrogen-bond donors (Lipinski definition) is 3. The molecule has 1 unspecified atom stereocenters. The van der Waals surface area contributed by atoms with Crippen molar-refractivity contribution in [3.63, 3.8) is 0 Å². The van der Waals surface area contributed by atoms with Gasteiger partial charge in [-0.15, -0.1) is 0 Å². The van der Waals surface area contributed by atoms with Crippen molar-refractivity contribution in [3.8, 4) is 0 Å². The highest BCUT2D eigenvalue weighted by molar-refractivity contribution is 5.99. The first-order chi connectivity index (χ1) is 9.79. The molecule has 5 heteroatoms. The Morgan fingerprint density at radius 2 is 2.00 bits per heavy atom. The van der Waals surface area contributed by atoms with Gasteiger partial charge in [-0.05, 0) is 37.3 Å². The molecular formula is C16H24N2O3. The van der Waals surface area contributed by atoms with Gasteiger partial charge in [-0.3, -0.25) is 9.59 Å². The van der Waals surface area contributed by atoms with Gasteiger partial charge in [0.15, 0.2) is 0 Å². The third-order valence-corrected chi connectivity index (χ3v) is 3.27. The maximum absolute atomic E-state index is 12.2. The number of carboxylic acids is 1. The molecule has 0 fully saturated rings. The molecule has 0 spiro atoms. The van der Waals surface area contributed by atoms with Gasteiger partial charge in [0.2, 0.25) is 0 Å². The lowest BCUT2D eigenvalue weighted by atomic mass is 9.94. The predicted octanol–water partition coefficient (Wildman–Crippen LogP) is 2.44. The maximum atomic E-state index is 12.2. The van der Waals surface area contributed by atoms with Crippen LogP contribution in [0, 0.1) is 18.8 Å². The van der Waals surface area contributed by atoms with E-state index in [9.17, 15) is 9.59 Å². The second kappa shape index (κ2) is 7.67. The molecule has 5 nitrogen and oxygen atoms in total. The normalized spacial score (nSPS) is 12.2. The van der Waals surface area contributed by atoms with Gasteiger partial charge in [-0.25, -0.2) is 0 Å². The fourth-order valence-electron chi connectivity index (χ4n) is 2.35. The van der Waals surface area contributed by atoms with Gasteiger partial charge in [-0.2, -0.15) is 0 Å². The molecular weight excluding hydrogens is 268 g/mol.